The highest BCUT2D eigenvalue weighted by Gasteiger charge is 2.17. The summed E-state index contributed by atoms with van der Waals surface area (Å²) in [5.74, 6) is 0.935. The number of rotatable bonds is 4. The van der Waals surface area contributed by atoms with Crippen LogP contribution in [-0.4, -0.2) is 13.1 Å². The molecule has 0 N–H and O–H groups in total. The SMILES string of the molecule is CCN(CC1CCCC1)c1ccccc1. The normalized spacial score (nSPS) is 16.9. The van der Waals surface area contributed by atoms with Gasteiger partial charge in [0.25, 0.3) is 0 Å². The van der Waals surface area contributed by atoms with Crippen LogP contribution >= 0.6 is 0 Å². The molecule has 0 bridgehead atoms. The Morgan fingerprint density at radius 3 is 2.40 bits per heavy atom. The summed E-state index contributed by atoms with van der Waals surface area (Å²) in [6, 6.07) is 10.8. The van der Waals surface area contributed by atoms with Crippen molar-refractivity contribution in [3.05, 3.63) is 30.3 Å². The number of anilines is 1. The Kier molecular flexibility index (Phi) is 3.65. The lowest BCUT2D eigenvalue weighted by molar-refractivity contribution is 0.536. The van der Waals surface area contributed by atoms with E-state index in [-0.39, 0.29) is 0 Å². The third-order valence-corrected chi connectivity index (χ3v) is 3.46. The summed E-state index contributed by atoms with van der Waals surface area (Å²) in [5.41, 5.74) is 1.38. The van der Waals surface area contributed by atoms with E-state index in [1.807, 2.05) is 0 Å². The van der Waals surface area contributed by atoms with E-state index in [0.29, 0.717) is 0 Å². The van der Waals surface area contributed by atoms with Crippen molar-refractivity contribution in [2.24, 2.45) is 5.92 Å². The largest absolute Gasteiger partial charge is 0.372 e. The number of hydrogen-bond acceptors (Lipinski definition) is 1. The van der Waals surface area contributed by atoms with Gasteiger partial charge in [-0.05, 0) is 37.8 Å². The molecule has 0 heterocycles. The van der Waals surface area contributed by atoms with Crippen LogP contribution in [0.4, 0.5) is 5.69 Å². The maximum absolute atomic E-state index is 2.51. The van der Waals surface area contributed by atoms with E-state index in [1.54, 1.807) is 0 Å². The van der Waals surface area contributed by atoms with Crippen LogP contribution in [-0.2, 0) is 0 Å². The molecule has 2 rings (SSSR count). The number of benzene rings is 1. The van der Waals surface area contributed by atoms with Gasteiger partial charge in [0.15, 0.2) is 0 Å². The molecule has 1 fully saturated rings. The Hall–Kier alpha value is -0.980. The second-order valence-corrected chi connectivity index (χ2v) is 4.52. The monoisotopic (exact) mass is 203 g/mol. The number of para-hydroxylation sites is 1. The van der Waals surface area contributed by atoms with Crippen LogP contribution in [0.3, 0.4) is 0 Å². The molecule has 1 aromatic carbocycles. The summed E-state index contributed by atoms with van der Waals surface area (Å²) >= 11 is 0. The predicted molar refractivity (Wildman–Crippen MR) is 66.3 cm³/mol. The van der Waals surface area contributed by atoms with E-state index in [1.165, 1.54) is 37.9 Å². The zero-order chi connectivity index (χ0) is 10.5. The number of hydrogen-bond donors (Lipinski definition) is 0. The fourth-order valence-electron chi connectivity index (χ4n) is 2.56. The van der Waals surface area contributed by atoms with Crippen LogP contribution in [0.5, 0.6) is 0 Å². The summed E-state index contributed by atoms with van der Waals surface area (Å²) in [6.45, 7) is 4.63. The fourth-order valence-corrected chi connectivity index (χ4v) is 2.56. The zero-order valence-electron chi connectivity index (χ0n) is 9.65. The van der Waals surface area contributed by atoms with Gasteiger partial charge in [-0.2, -0.15) is 0 Å². The number of nitrogens with zero attached hydrogens (tertiary/aromatic N) is 1. The van der Waals surface area contributed by atoms with Crippen molar-refractivity contribution >= 4 is 5.69 Å². The molecular formula is C14H21N. The van der Waals surface area contributed by atoms with Crippen molar-refractivity contribution < 1.29 is 0 Å². The van der Waals surface area contributed by atoms with Gasteiger partial charge in [0.1, 0.15) is 0 Å². The first-order chi connectivity index (χ1) is 7.40. The van der Waals surface area contributed by atoms with Crippen LogP contribution < -0.4 is 4.90 Å². The molecule has 1 nitrogen and oxygen atoms in total. The Labute approximate surface area is 93.1 Å². The average Bonchev–Trinajstić information content (AvgIpc) is 2.80. The maximum atomic E-state index is 2.51. The molecule has 1 aliphatic rings. The molecule has 1 saturated carbocycles. The minimum absolute atomic E-state index is 0.935. The van der Waals surface area contributed by atoms with Crippen molar-refractivity contribution in [2.75, 3.05) is 18.0 Å². The fraction of sp³-hybridized carbons (Fsp3) is 0.571. The molecule has 0 aliphatic heterocycles. The van der Waals surface area contributed by atoms with E-state index in [4.69, 9.17) is 0 Å². The Bertz CT molecular complexity index is 275. The molecule has 0 amide bonds. The van der Waals surface area contributed by atoms with E-state index < -0.39 is 0 Å². The standard InChI is InChI=1S/C14H21N/c1-2-15(12-13-8-6-7-9-13)14-10-4-3-5-11-14/h3-5,10-11,13H,2,6-9,12H2,1H3. The first-order valence-corrected chi connectivity index (χ1v) is 6.20. The highest BCUT2D eigenvalue weighted by molar-refractivity contribution is 5.45. The van der Waals surface area contributed by atoms with E-state index >= 15 is 0 Å². The summed E-state index contributed by atoms with van der Waals surface area (Å²) in [6.07, 6.45) is 5.75. The zero-order valence-corrected chi connectivity index (χ0v) is 9.65. The van der Waals surface area contributed by atoms with Crippen LogP contribution in [0.25, 0.3) is 0 Å². The highest BCUT2D eigenvalue weighted by Crippen LogP contribution is 2.27. The minimum atomic E-state index is 0.935. The molecule has 0 spiro atoms. The van der Waals surface area contributed by atoms with Gasteiger partial charge in [-0.1, -0.05) is 31.0 Å². The van der Waals surface area contributed by atoms with E-state index in [2.05, 4.69) is 42.2 Å². The second-order valence-electron chi connectivity index (χ2n) is 4.52. The van der Waals surface area contributed by atoms with Crippen LogP contribution in [0.15, 0.2) is 30.3 Å². The molecule has 0 aromatic heterocycles. The Morgan fingerprint density at radius 1 is 1.13 bits per heavy atom. The first kappa shape index (κ1) is 10.5. The lowest BCUT2D eigenvalue weighted by Gasteiger charge is -2.26. The van der Waals surface area contributed by atoms with Gasteiger partial charge in [0, 0.05) is 18.8 Å². The third-order valence-electron chi connectivity index (χ3n) is 3.46. The highest BCUT2D eigenvalue weighted by atomic mass is 15.1. The molecule has 0 radical (unpaired) electrons. The minimum Gasteiger partial charge on any atom is -0.372 e. The van der Waals surface area contributed by atoms with Gasteiger partial charge in [-0.3, -0.25) is 0 Å². The van der Waals surface area contributed by atoms with Gasteiger partial charge in [-0.15, -0.1) is 0 Å². The maximum Gasteiger partial charge on any atom is 0.0366 e. The van der Waals surface area contributed by atoms with Gasteiger partial charge in [0.2, 0.25) is 0 Å². The first-order valence-electron chi connectivity index (χ1n) is 6.20. The van der Waals surface area contributed by atoms with Crippen LogP contribution in [0, 0.1) is 5.92 Å². The molecular weight excluding hydrogens is 182 g/mol. The van der Waals surface area contributed by atoms with Gasteiger partial charge < -0.3 is 4.90 Å². The summed E-state index contributed by atoms with van der Waals surface area (Å²) in [5, 5.41) is 0. The topological polar surface area (TPSA) is 3.24 Å². The van der Waals surface area contributed by atoms with Gasteiger partial charge in [-0.25, -0.2) is 0 Å². The summed E-state index contributed by atoms with van der Waals surface area (Å²) in [7, 11) is 0. The van der Waals surface area contributed by atoms with E-state index in [0.717, 1.165) is 12.5 Å². The van der Waals surface area contributed by atoms with Crippen molar-refractivity contribution in [3.63, 3.8) is 0 Å². The molecule has 82 valence electrons. The molecule has 0 unspecified atom stereocenters. The average molecular weight is 203 g/mol. The Balaban J connectivity index is 1.97. The summed E-state index contributed by atoms with van der Waals surface area (Å²) < 4.78 is 0. The summed E-state index contributed by atoms with van der Waals surface area (Å²) in [4.78, 5) is 2.51. The van der Waals surface area contributed by atoms with Crippen LogP contribution in [0.2, 0.25) is 0 Å². The van der Waals surface area contributed by atoms with E-state index in [9.17, 15) is 0 Å². The molecule has 0 atom stereocenters. The van der Waals surface area contributed by atoms with Crippen molar-refractivity contribution in [1.82, 2.24) is 0 Å². The van der Waals surface area contributed by atoms with Crippen molar-refractivity contribution in [3.8, 4) is 0 Å². The lowest BCUT2D eigenvalue weighted by atomic mass is 10.1. The van der Waals surface area contributed by atoms with Gasteiger partial charge >= 0.3 is 0 Å². The molecule has 15 heavy (non-hydrogen) atoms. The quantitative estimate of drug-likeness (QED) is 0.721. The van der Waals surface area contributed by atoms with Crippen LogP contribution in [0.1, 0.15) is 32.6 Å². The van der Waals surface area contributed by atoms with Gasteiger partial charge in [0.05, 0.1) is 0 Å². The molecule has 1 aliphatic carbocycles. The Morgan fingerprint density at radius 2 is 1.80 bits per heavy atom. The predicted octanol–water partition coefficient (Wildman–Crippen LogP) is 3.70. The second kappa shape index (κ2) is 5.20. The molecule has 0 saturated heterocycles. The molecule has 1 heteroatoms. The smallest absolute Gasteiger partial charge is 0.0366 e. The molecule has 1 aromatic rings. The lowest BCUT2D eigenvalue weighted by Crippen LogP contribution is -2.28. The van der Waals surface area contributed by atoms with Crippen molar-refractivity contribution in [2.45, 2.75) is 32.6 Å². The van der Waals surface area contributed by atoms with Crippen molar-refractivity contribution in [1.29, 1.82) is 0 Å². The third kappa shape index (κ3) is 2.74.